The van der Waals surface area contributed by atoms with Gasteiger partial charge in [-0.05, 0) is 74.0 Å². The molecule has 1 aliphatic heterocycles. The van der Waals surface area contributed by atoms with E-state index in [1.165, 1.54) is 17.0 Å². The highest BCUT2D eigenvalue weighted by Crippen LogP contribution is 2.23. The van der Waals surface area contributed by atoms with Gasteiger partial charge in [-0.1, -0.05) is 53.7 Å². The smallest absolute Gasteiger partial charge is 0.326 e. The normalized spacial score (nSPS) is 16.5. The number of benzene rings is 1. The van der Waals surface area contributed by atoms with Crippen LogP contribution in [0.2, 0.25) is 0 Å². The van der Waals surface area contributed by atoms with Crippen LogP contribution in [0.1, 0.15) is 92.1 Å². The van der Waals surface area contributed by atoms with E-state index >= 15 is 0 Å². The first kappa shape index (κ1) is 48.5. The molecule has 0 aliphatic carbocycles. The molecule has 1 saturated heterocycles. The monoisotopic (exact) mass is 816 g/mol. The summed E-state index contributed by atoms with van der Waals surface area (Å²) in [5.74, 6) is -4.80. The minimum absolute atomic E-state index is 0.00646. The number of hydrogen-bond donors (Lipinski definition) is 10. The molecule has 0 unspecified atom stereocenters. The molecule has 0 spiro atoms. The Morgan fingerprint density at radius 3 is 1.90 bits per heavy atom. The molecule has 2 rings (SSSR count). The van der Waals surface area contributed by atoms with Gasteiger partial charge in [-0.3, -0.25) is 34.0 Å². The summed E-state index contributed by atoms with van der Waals surface area (Å²) in [4.78, 5) is 90.5. The summed E-state index contributed by atoms with van der Waals surface area (Å²) in [5.41, 5.74) is 21.4. The zero-order valence-electron chi connectivity index (χ0n) is 34.6. The number of likely N-dealkylation sites (tertiary alicyclic amines) is 1. The van der Waals surface area contributed by atoms with Crippen molar-refractivity contribution in [2.24, 2.45) is 50.2 Å². The lowest BCUT2D eigenvalue weighted by molar-refractivity contribution is -0.144. The van der Waals surface area contributed by atoms with Crippen molar-refractivity contribution in [3.8, 4) is 5.75 Å². The summed E-state index contributed by atoms with van der Waals surface area (Å²) < 4.78 is 0. The van der Waals surface area contributed by atoms with E-state index < -0.39 is 71.1 Å². The lowest BCUT2D eigenvalue weighted by Crippen LogP contribution is -2.61. The quantitative estimate of drug-likeness (QED) is 0.0413. The zero-order valence-corrected chi connectivity index (χ0v) is 34.6. The van der Waals surface area contributed by atoms with Crippen molar-refractivity contribution in [2.75, 3.05) is 19.6 Å². The molecule has 19 heteroatoms. The van der Waals surface area contributed by atoms with Crippen molar-refractivity contribution in [1.29, 1.82) is 0 Å². The number of aliphatic carboxylic acids is 1. The molecule has 58 heavy (non-hydrogen) atoms. The molecular weight excluding hydrogens is 750 g/mol. The van der Waals surface area contributed by atoms with Crippen molar-refractivity contribution < 1.29 is 39.0 Å². The molecule has 1 aliphatic rings. The highest BCUT2D eigenvalue weighted by Gasteiger charge is 2.41. The van der Waals surface area contributed by atoms with E-state index in [2.05, 4.69) is 31.3 Å². The zero-order chi connectivity index (χ0) is 43.7. The van der Waals surface area contributed by atoms with E-state index in [0.717, 1.165) is 0 Å². The number of aliphatic imine (C=N–C) groups is 2. The fourth-order valence-electron chi connectivity index (χ4n) is 6.53. The average molecular weight is 816 g/mol. The van der Waals surface area contributed by atoms with Crippen LogP contribution < -0.4 is 44.2 Å². The maximum atomic E-state index is 14.2. The van der Waals surface area contributed by atoms with Crippen LogP contribution in [-0.2, 0) is 35.2 Å². The third kappa shape index (κ3) is 16.5. The van der Waals surface area contributed by atoms with E-state index in [9.17, 15) is 39.0 Å². The van der Waals surface area contributed by atoms with E-state index in [0.29, 0.717) is 37.8 Å². The van der Waals surface area contributed by atoms with Gasteiger partial charge < -0.3 is 59.3 Å². The number of hydrogen-bond acceptors (Lipinski definition) is 9. The maximum Gasteiger partial charge on any atom is 0.326 e. The van der Waals surface area contributed by atoms with Crippen LogP contribution in [0.4, 0.5) is 0 Å². The Bertz CT molecular complexity index is 1620. The summed E-state index contributed by atoms with van der Waals surface area (Å²) in [6.07, 6.45) is 2.38. The second kappa shape index (κ2) is 23.0. The predicted molar refractivity (Wildman–Crippen MR) is 220 cm³/mol. The average Bonchev–Trinajstić information content (AvgIpc) is 3.63. The van der Waals surface area contributed by atoms with E-state index in [-0.39, 0.29) is 68.3 Å². The fraction of sp³-hybridized carbons (Fsp3) is 0.641. The Kier molecular flexibility index (Phi) is 19.2. The number of aromatic hydroxyl groups is 1. The number of rotatable bonds is 22. The van der Waals surface area contributed by atoms with Gasteiger partial charge in [0.2, 0.25) is 29.5 Å². The van der Waals surface area contributed by atoms with Gasteiger partial charge in [0.15, 0.2) is 11.9 Å². The number of carbonyl (C=O) groups excluding carboxylic acids is 5. The van der Waals surface area contributed by atoms with Crippen LogP contribution >= 0.6 is 0 Å². The van der Waals surface area contributed by atoms with Crippen LogP contribution in [0.5, 0.6) is 5.75 Å². The maximum absolute atomic E-state index is 14.2. The number of carbonyl (C=O) groups is 6. The number of amides is 5. The summed E-state index contributed by atoms with van der Waals surface area (Å²) in [6, 6.07) is 0.386. The van der Waals surface area contributed by atoms with Crippen LogP contribution in [0.15, 0.2) is 34.3 Å². The molecule has 0 radical (unpaired) electrons. The van der Waals surface area contributed by atoms with E-state index in [1.54, 1.807) is 39.8 Å². The largest absolute Gasteiger partial charge is 0.508 e. The van der Waals surface area contributed by atoms with Gasteiger partial charge in [0.1, 0.15) is 36.0 Å². The predicted octanol–water partition coefficient (Wildman–Crippen LogP) is -0.215. The molecule has 19 nitrogen and oxygen atoms in total. The van der Waals surface area contributed by atoms with Gasteiger partial charge in [-0.15, -0.1) is 0 Å². The molecule has 0 bridgehead atoms. The summed E-state index contributed by atoms with van der Waals surface area (Å²) in [7, 11) is 0. The second-order valence-electron chi connectivity index (χ2n) is 16.3. The van der Waals surface area contributed by atoms with Gasteiger partial charge in [0, 0.05) is 32.0 Å². The minimum Gasteiger partial charge on any atom is -0.508 e. The Hall–Kier alpha value is -5.62. The topological polar surface area (TPSA) is 323 Å². The molecule has 6 atom stereocenters. The minimum atomic E-state index is -1.26. The number of guanidine groups is 2. The summed E-state index contributed by atoms with van der Waals surface area (Å²) in [5, 5.41) is 30.6. The lowest BCUT2D eigenvalue weighted by Gasteiger charge is -2.33. The Balaban J connectivity index is 2.37. The number of nitrogens with one attached hydrogen (secondary N) is 4. The van der Waals surface area contributed by atoms with Crippen LogP contribution in [-0.4, -0.2) is 112 Å². The van der Waals surface area contributed by atoms with Gasteiger partial charge in [-0.2, -0.15) is 0 Å². The third-order valence-electron chi connectivity index (χ3n) is 9.68. The van der Waals surface area contributed by atoms with Gasteiger partial charge >= 0.3 is 5.97 Å². The first-order valence-corrected chi connectivity index (χ1v) is 19.7. The molecule has 0 saturated carbocycles. The summed E-state index contributed by atoms with van der Waals surface area (Å²) in [6.45, 7) is 11.3. The number of phenols is 1. The molecule has 0 aromatic heterocycles. The second-order valence-corrected chi connectivity index (χ2v) is 16.3. The Morgan fingerprint density at radius 1 is 0.793 bits per heavy atom. The molecule has 1 heterocycles. The molecule has 14 N–H and O–H groups in total. The molecular formula is C39H65N11O8. The fourth-order valence-corrected chi connectivity index (χ4v) is 6.53. The van der Waals surface area contributed by atoms with Crippen LogP contribution in [0.25, 0.3) is 0 Å². The standard InChI is InChI=1S/C39H65N11O8/c1-22(2)20-28(36(57)58)48-34(55)30(39(4,5)6)49-32(53)27(21-24-13-15-25(51)16-14-24)47-33(54)29-12-9-19-50(29)35(56)26(11-8-18-45-38(42)43)46-31(52)23(3)10-7-17-44-37(40)41/h13-16,22-23,26-30,51H,7-12,17-21H2,1-6H3,(H,46,52)(H,47,54)(H,48,55)(H,49,53)(H,57,58)(H4,40,41,44)(H4,42,43,45)/t23-,26-,27-,28-,29-,30+/m0/s1. The third-order valence-corrected chi connectivity index (χ3v) is 9.68. The number of carboxylic acids is 1. The number of nitrogens with zero attached hydrogens (tertiary/aromatic N) is 3. The molecule has 5 amide bonds. The van der Waals surface area contributed by atoms with Crippen molar-refractivity contribution in [1.82, 2.24) is 26.2 Å². The van der Waals surface area contributed by atoms with Gasteiger partial charge in [0.05, 0.1) is 0 Å². The first-order chi connectivity index (χ1) is 27.1. The van der Waals surface area contributed by atoms with E-state index in [1.807, 2.05) is 13.8 Å². The van der Waals surface area contributed by atoms with Crippen LogP contribution in [0.3, 0.4) is 0 Å². The van der Waals surface area contributed by atoms with Gasteiger partial charge in [-0.25, -0.2) is 4.79 Å². The Morgan fingerprint density at radius 2 is 1.36 bits per heavy atom. The Labute approximate surface area is 340 Å². The SMILES string of the molecule is CC(C)C[C@H](NC(=O)[C@@H](NC(=O)[C@H](Cc1ccc(O)cc1)NC(=O)[C@@H]1CCCN1C(=O)[C@H](CCCN=C(N)N)NC(=O)[C@@H](C)CCCN=C(N)N)C(C)(C)C)C(=O)O. The highest BCUT2D eigenvalue weighted by atomic mass is 16.4. The molecule has 1 aromatic carbocycles. The molecule has 1 fully saturated rings. The van der Waals surface area contributed by atoms with Crippen molar-refractivity contribution in [3.05, 3.63) is 29.8 Å². The lowest BCUT2D eigenvalue weighted by atomic mass is 9.85. The molecule has 1 aromatic rings. The number of nitrogens with two attached hydrogens (primary N) is 4. The van der Waals surface area contributed by atoms with Gasteiger partial charge in [0.25, 0.3) is 0 Å². The van der Waals surface area contributed by atoms with Crippen molar-refractivity contribution in [2.45, 2.75) is 123 Å². The first-order valence-electron chi connectivity index (χ1n) is 19.7. The van der Waals surface area contributed by atoms with E-state index in [4.69, 9.17) is 22.9 Å². The summed E-state index contributed by atoms with van der Waals surface area (Å²) >= 11 is 0. The highest BCUT2D eigenvalue weighted by molar-refractivity contribution is 5.96. The number of carboxylic acid groups (broad SMARTS) is 1. The van der Waals surface area contributed by atoms with Crippen LogP contribution in [0, 0.1) is 17.3 Å². The van der Waals surface area contributed by atoms with Crippen molar-refractivity contribution >= 4 is 47.4 Å². The van der Waals surface area contributed by atoms with Crippen molar-refractivity contribution in [3.63, 3.8) is 0 Å². The molecule has 324 valence electrons. The number of phenolic OH excluding ortho intramolecular Hbond substituents is 1.